The van der Waals surface area contributed by atoms with E-state index in [9.17, 15) is 30.3 Å². The van der Waals surface area contributed by atoms with Crippen LogP contribution >= 0.6 is 0 Å². The smallest absolute Gasteiger partial charge is 0.202 e. The van der Waals surface area contributed by atoms with Gasteiger partial charge in [-0.25, -0.2) is 0 Å². The minimum Gasteiger partial charge on any atom is -0.394 e. The fraction of sp³-hybridized carbons (Fsp3) is 0.955. The standard InChI is InChI=1S/C22H42O7/c1-2-3-4-5-6-7-8-9-10-11-12-13-14-17(24)15-22(28)21(27)20(26)19(25)18(16-23)29-22/h18-21,23,25-28H,2-16H2,1H3/t18-,19-,20+,21+,22+/m1/s1. The van der Waals surface area contributed by atoms with E-state index in [1.54, 1.807) is 0 Å². The van der Waals surface area contributed by atoms with Gasteiger partial charge in [0.05, 0.1) is 13.0 Å². The minimum absolute atomic E-state index is 0.262. The number of Topliss-reactive ketones (excluding diaryl/α,β-unsaturated/α-hetero) is 1. The summed E-state index contributed by atoms with van der Waals surface area (Å²) < 4.78 is 5.13. The van der Waals surface area contributed by atoms with E-state index in [0.717, 1.165) is 19.3 Å². The van der Waals surface area contributed by atoms with Crippen molar-refractivity contribution in [2.75, 3.05) is 6.61 Å². The Morgan fingerprint density at radius 3 is 1.79 bits per heavy atom. The first-order chi connectivity index (χ1) is 13.9. The molecule has 0 aliphatic carbocycles. The van der Waals surface area contributed by atoms with Crippen molar-refractivity contribution in [2.45, 2.75) is 127 Å². The molecule has 1 fully saturated rings. The second-order valence-corrected chi connectivity index (χ2v) is 8.46. The number of carbonyl (C=O) groups is 1. The molecule has 0 aromatic rings. The van der Waals surface area contributed by atoms with Gasteiger partial charge in [-0.15, -0.1) is 0 Å². The molecule has 0 saturated carbocycles. The highest BCUT2D eigenvalue weighted by atomic mass is 16.7. The third-order valence-electron chi connectivity index (χ3n) is 5.81. The molecule has 0 aromatic heterocycles. The highest BCUT2D eigenvalue weighted by Crippen LogP contribution is 2.31. The average molecular weight is 419 g/mol. The summed E-state index contributed by atoms with van der Waals surface area (Å²) in [6.45, 7) is 1.59. The molecule has 7 heteroatoms. The van der Waals surface area contributed by atoms with Gasteiger partial charge in [0.1, 0.15) is 30.2 Å². The molecule has 0 radical (unpaired) electrons. The number of aliphatic hydroxyl groups excluding tert-OH is 4. The first kappa shape index (κ1) is 26.5. The quantitative estimate of drug-likeness (QED) is 0.243. The number of rotatable bonds is 16. The molecule has 0 amide bonds. The topological polar surface area (TPSA) is 127 Å². The monoisotopic (exact) mass is 418 g/mol. The van der Waals surface area contributed by atoms with Gasteiger partial charge >= 0.3 is 0 Å². The van der Waals surface area contributed by atoms with Crippen LogP contribution in [0.3, 0.4) is 0 Å². The van der Waals surface area contributed by atoms with Crippen LogP contribution in [0.15, 0.2) is 0 Å². The normalized spacial score (nSPS) is 29.9. The van der Waals surface area contributed by atoms with Gasteiger partial charge in [-0.3, -0.25) is 4.79 Å². The summed E-state index contributed by atoms with van der Waals surface area (Å²) in [5.74, 6) is -2.57. The fourth-order valence-electron chi connectivity index (χ4n) is 3.90. The molecule has 29 heavy (non-hydrogen) atoms. The van der Waals surface area contributed by atoms with Crippen molar-refractivity contribution in [2.24, 2.45) is 0 Å². The Kier molecular flexibility index (Phi) is 13.2. The molecule has 5 N–H and O–H groups in total. The van der Waals surface area contributed by atoms with Crippen LogP contribution < -0.4 is 0 Å². The Morgan fingerprint density at radius 2 is 1.31 bits per heavy atom. The molecule has 7 nitrogen and oxygen atoms in total. The third-order valence-corrected chi connectivity index (χ3v) is 5.81. The number of ether oxygens (including phenoxy) is 1. The first-order valence-electron chi connectivity index (χ1n) is 11.4. The van der Waals surface area contributed by atoms with E-state index in [2.05, 4.69) is 6.92 Å². The van der Waals surface area contributed by atoms with Crippen LogP contribution in [0.1, 0.15) is 96.8 Å². The van der Waals surface area contributed by atoms with Gasteiger partial charge in [0.2, 0.25) is 5.79 Å². The lowest BCUT2D eigenvalue weighted by Gasteiger charge is -2.45. The Bertz CT molecular complexity index is 443. The van der Waals surface area contributed by atoms with Crippen molar-refractivity contribution >= 4 is 5.78 Å². The van der Waals surface area contributed by atoms with Crippen molar-refractivity contribution in [3.05, 3.63) is 0 Å². The Hall–Kier alpha value is -0.570. The molecule has 1 aliphatic heterocycles. The molecule has 5 atom stereocenters. The maximum atomic E-state index is 12.2. The number of hydrogen-bond donors (Lipinski definition) is 5. The number of unbranched alkanes of at least 4 members (excludes halogenated alkanes) is 11. The number of hydrogen-bond acceptors (Lipinski definition) is 7. The molecule has 0 bridgehead atoms. The van der Waals surface area contributed by atoms with E-state index in [1.807, 2.05) is 0 Å². The lowest BCUT2D eigenvalue weighted by atomic mass is 9.89. The lowest BCUT2D eigenvalue weighted by molar-refractivity contribution is -0.347. The average Bonchev–Trinajstić information content (AvgIpc) is 2.70. The Morgan fingerprint density at radius 1 is 0.828 bits per heavy atom. The van der Waals surface area contributed by atoms with Crippen LogP contribution in [0.2, 0.25) is 0 Å². The second kappa shape index (κ2) is 14.4. The fourth-order valence-corrected chi connectivity index (χ4v) is 3.90. The predicted molar refractivity (Wildman–Crippen MR) is 110 cm³/mol. The van der Waals surface area contributed by atoms with Crippen molar-refractivity contribution < 1.29 is 35.1 Å². The van der Waals surface area contributed by atoms with Gasteiger partial charge in [-0.05, 0) is 6.42 Å². The van der Waals surface area contributed by atoms with Crippen LogP contribution in [0.25, 0.3) is 0 Å². The number of aliphatic hydroxyl groups is 5. The molecular weight excluding hydrogens is 376 g/mol. The molecule has 0 unspecified atom stereocenters. The van der Waals surface area contributed by atoms with Gasteiger partial charge < -0.3 is 30.3 Å². The number of ketones is 1. The maximum absolute atomic E-state index is 12.2. The van der Waals surface area contributed by atoms with Crippen molar-refractivity contribution in [1.29, 1.82) is 0 Å². The second-order valence-electron chi connectivity index (χ2n) is 8.46. The summed E-state index contributed by atoms with van der Waals surface area (Å²) in [6.07, 6.45) is 7.82. The van der Waals surface area contributed by atoms with E-state index < -0.39 is 43.2 Å². The van der Waals surface area contributed by atoms with Gasteiger partial charge in [0.25, 0.3) is 0 Å². The molecule has 1 aliphatic rings. The largest absolute Gasteiger partial charge is 0.394 e. The molecule has 1 rings (SSSR count). The summed E-state index contributed by atoms with van der Waals surface area (Å²) in [5, 5.41) is 49.1. The van der Waals surface area contributed by atoms with E-state index in [1.165, 1.54) is 51.4 Å². The zero-order valence-corrected chi connectivity index (χ0v) is 18.0. The van der Waals surface area contributed by atoms with Crippen LogP contribution in [0.4, 0.5) is 0 Å². The van der Waals surface area contributed by atoms with E-state index >= 15 is 0 Å². The zero-order valence-electron chi connectivity index (χ0n) is 18.0. The minimum atomic E-state index is -2.29. The molecule has 1 heterocycles. The van der Waals surface area contributed by atoms with Gasteiger partial charge in [0.15, 0.2) is 0 Å². The highest BCUT2D eigenvalue weighted by molar-refractivity contribution is 5.79. The maximum Gasteiger partial charge on any atom is 0.202 e. The van der Waals surface area contributed by atoms with Gasteiger partial charge in [-0.2, -0.15) is 0 Å². The third kappa shape index (κ3) is 9.40. The van der Waals surface area contributed by atoms with Gasteiger partial charge in [0, 0.05) is 6.42 Å². The summed E-state index contributed by atoms with van der Waals surface area (Å²) in [4.78, 5) is 12.2. The van der Waals surface area contributed by atoms with E-state index in [-0.39, 0.29) is 12.2 Å². The predicted octanol–water partition coefficient (Wildman–Crippen LogP) is 2.20. The molecule has 172 valence electrons. The van der Waals surface area contributed by atoms with Crippen LogP contribution in [-0.2, 0) is 9.53 Å². The Labute approximate surface area is 175 Å². The number of carbonyl (C=O) groups excluding carboxylic acids is 1. The Balaban J connectivity index is 2.13. The first-order valence-corrected chi connectivity index (χ1v) is 11.4. The SMILES string of the molecule is CCCCCCCCCCCCCCC(=O)C[C@]1(O)O[C@H](CO)[C@@H](O)[C@H](O)[C@@H]1O. The van der Waals surface area contributed by atoms with Crippen molar-refractivity contribution in [1.82, 2.24) is 0 Å². The molecule has 1 saturated heterocycles. The molecule has 0 aromatic carbocycles. The van der Waals surface area contributed by atoms with Crippen molar-refractivity contribution in [3.8, 4) is 0 Å². The summed E-state index contributed by atoms with van der Waals surface area (Å²) >= 11 is 0. The van der Waals surface area contributed by atoms with E-state index in [0.29, 0.717) is 6.42 Å². The summed E-state index contributed by atoms with van der Waals surface area (Å²) in [5.41, 5.74) is 0. The lowest BCUT2D eigenvalue weighted by Crippen LogP contribution is -2.65. The zero-order chi connectivity index (χ0) is 21.7. The van der Waals surface area contributed by atoms with Gasteiger partial charge in [-0.1, -0.05) is 77.6 Å². The summed E-state index contributed by atoms with van der Waals surface area (Å²) in [7, 11) is 0. The van der Waals surface area contributed by atoms with Crippen LogP contribution in [0, 0.1) is 0 Å². The molecular formula is C22H42O7. The van der Waals surface area contributed by atoms with Crippen LogP contribution in [0.5, 0.6) is 0 Å². The highest BCUT2D eigenvalue weighted by Gasteiger charge is 2.53. The molecule has 0 spiro atoms. The van der Waals surface area contributed by atoms with Crippen LogP contribution in [-0.4, -0.2) is 68.1 Å². The van der Waals surface area contributed by atoms with Crippen molar-refractivity contribution in [3.63, 3.8) is 0 Å². The van der Waals surface area contributed by atoms with E-state index in [4.69, 9.17) is 4.74 Å². The summed E-state index contributed by atoms with van der Waals surface area (Å²) in [6, 6.07) is 0.